The number of hydrogen-bond donors (Lipinski definition) is 23. The van der Waals surface area contributed by atoms with Gasteiger partial charge in [0.2, 0.25) is 94.5 Å². The van der Waals surface area contributed by atoms with Crippen LogP contribution < -0.4 is 114 Å². The van der Waals surface area contributed by atoms with Crippen molar-refractivity contribution in [3.63, 3.8) is 0 Å². The average Bonchev–Trinajstić information content (AvgIpc) is 0.835. The third-order valence-corrected chi connectivity index (χ3v) is 21.1. The van der Waals surface area contributed by atoms with Gasteiger partial charge in [-0.2, -0.15) is 0 Å². The molecule has 0 aliphatic carbocycles. The Balaban J connectivity index is 3.55. The molecule has 124 heavy (non-hydrogen) atoms. The first kappa shape index (κ1) is 112. The smallest absolute Gasteiger partial charge is 0.305 e. The standard InChI is InChI=1S/C84H149N21O19/c1-16-50(13)68(104-81(121)66(48(9)10)102-78(118)61(42-64(108)109)99-77(117)60(41-53-29-19-18-20-30-53)98-76(116)59(40-46(5)6)92-63(107)43-89)83(123)96-56(33-23-27-37-87)73(113)94-57(34-24-28-38-88)75(115)101-65(47(7)8)80(120)91-52(15)71(111)100-62(44-106)79(119)103-67(49(11)12)82(122)105-69(51(14)17-2)84(124)95-55(32-22-26-36-86)72(112)93-54(31-21-25-35-85)74(114)97-58(70(90)110)39-45(3)4/h18-20,29-30,45-52,54-62,65-69,106H,16-17,21-28,31-44,85-89H2,1-15H3,(H2,90,110)(H,91,120)(H,92,107)(H,93,112)(H,94,113)(H,95,124)(H,96,123)(H,97,114)(H,98,116)(H,99,117)(H,100,111)(H,101,115)(H,102,118)(H,103,119)(H,104,121)(H,105,122)(H,108,109)/t50-,51-,52-,54-,55-,56-,57-,58-,59-,60-,61-,62-,65-,66-,67-,68-,69-/m0/s1. The third kappa shape index (κ3) is 41.6. The van der Waals surface area contributed by atoms with Crippen molar-refractivity contribution in [1.82, 2.24) is 79.8 Å². The maximum atomic E-state index is 14.7. The van der Waals surface area contributed by atoms with Gasteiger partial charge < -0.3 is 124 Å². The van der Waals surface area contributed by atoms with Crippen LogP contribution in [-0.2, 0) is 87.9 Å². The fourth-order valence-electron chi connectivity index (χ4n) is 13.2. The van der Waals surface area contributed by atoms with Crippen molar-refractivity contribution in [2.24, 2.45) is 75.8 Å². The van der Waals surface area contributed by atoms with Crippen LogP contribution in [0, 0.1) is 41.4 Å². The molecule has 704 valence electrons. The van der Waals surface area contributed by atoms with Crippen LogP contribution in [0.15, 0.2) is 30.3 Å². The van der Waals surface area contributed by atoms with Crippen molar-refractivity contribution in [1.29, 1.82) is 0 Å². The fourth-order valence-corrected chi connectivity index (χ4v) is 13.2. The third-order valence-electron chi connectivity index (χ3n) is 21.1. The minimum Gasteiger partial charge on any atom is -0.481 e. The molecule has 0 bridgehead atoms. The number of aliphatic carboxylic acids is 1. The molecule has 0 spiro atoms. The Bertz CT molecular complexity index is 3580. The molecule has 0 saturated heterocycles. The second-order valence-corrected chi connectivity index (χ2v) is 33.7. The van der Waals surface area contributed by atoms with E-state index in [9.17, 15) is 91.7 Å². The molecule has 1 rings (SSSR count). The summed E-state index contributed by atoms with van der Waals surface area (Å²) >= 11 is 0. The number of primary amides is 1. The normalized spacial score (nSPS) is 15.5. The number of carboxylic acids is 1. The lowest BCUT2D eigenvalue weighted by Gasteiger charge is -2.31. The lowest BCUT2D eigenvalue weighted by Crippen LogP contribution is -2.62. The highest BCUT2D eigenvalue weighted by Crippen LogP contribution is 2.19. The second-order valence-electron chi connectivity index (χ2n) is 33.7. The van der Waals surface area contributed by atoms with Gasteiger partial charge >= 0.3 is 5.97 Å². The van der Waals surface area contributed by atoms with E-state index in [0.29, 0.717) is 57.1 Å². The number of rotatable bonds is 63. The number of nitrogens with one attached hydrogen (secondary N) is 15. The maximum Gasteiger partial charge on any atom is 0.305 e. The highest BCUT2D eigenvalue weighted by Gasteiger charge is 2.41. The Morgan fingerprint density at radius 1 is 0.323 bits per heavy atom. The number of carbonyl (C=O) groups excluding carboxylic acids is 16. The Kier molecular flexibility index (Phi) is 54.0. The number of hydrogen-bond acceptors (Lipinski definition) is 23. The first-order chi connectivity index (χ1) is 58.4. The Hall–Kier alpha value is -10.0. The van der Waals surface area contributed by atoms with Gasteiger partial charge in [0, 0.05) is 6.42 Å². The van der Waals surface area contributed by atoms with Gasteiger partial charge in [-0.1, -0.05) is 140 Å². The molecule has 40 heteroatoms. The molecular formula is C84H149N21O19. The summed E-state index contributed by atoms with van der Waals surface area (Å²) in [6, 6.07) is -12.4. The molecule has 0 unspecified atom stereocenters. The Morgan fingerprint density at radius 3 is 0.952 bits per heavy atom. The quantitative estimate of drug-likeness (QED) is 0.0291. The summed E-state index contributed by atoms with van der Waals surface area (Å²) in [6.07, 6.45) is 3.06. The van der Waals surface area contributed by atoms with Crippen molar-refractivity contribution >= 4 is 100 Å². The lowest BCUT2D eigenvalue weighted by atomic mass is 9.95. The molecule has 29 N–H and O–H groups in total. The second kappa shape index (κ2) is 59.7. The molecule has 0 aliphatic rings. The topological polar surface area (TPSA) is 667 Å². The number of carbonyl (C=O) groups is 17. The van der Waals surface area contributed by atoms with E-state index in [2.05, 4.69) is 79.8 Å². The van der Waals surface area contributed by atoms with Crippen LogP contribution >= 0.6 is 0 Å². The lowest BCUT2D eigenvalue weighted by molar-refractivity contribution is -0.142. The monoisotopic (exact) mass is 1760 g/mol. The molecule has 16 amide bonds. The van der Waals surface area contributed by atoms with Crippen molar-refractivity contribution in [2.75, 3.05) is 39.3 Å². The van der Waals surface area contributed by atoms with Gasteiger partial charge in [-0.25, -0.2) is 0 Å². The van der Waals surface area contributed by atoms with Crippen molar-refractivity contribution < 1.29 is 91.7 Å². The first-order valence-electron chi connectivity index (χ1n) is 43.6. The van der Waals surface area contributed by atoms with Crippen molar-refractivity contribution in [3.8, 4) is 0 Å². The summed E-state index contributed by atoms with van der Waals surface area (Å²) in [5.41, 5.74) is 35.0. The minimum absolute atomic E-state index is 0.0215. The van der Waals surface area contributed by atoms with E-state index < -0.39 is 240 Å². The van der Waals surface area contributed by atoms with Crippen LogP contribution in [0.1, 0.15) is 219 Å². The largest absolute Gasteiger partial charge is 0.481 e. The van der Waals surface area contributed by atoms with Gasteiger partial charge in [-0.3, -0.25) is 81.5 Å². The van der Waals surface area contributed by atoms with E-state index in [1.165, 1.54) is 6.92 Å². The molecule has 0 heterocycles. The Labute approximate surface area is 730 Å². The molecule has 17 atom stereocenters. The van der Waals surface area contributed by atoms with Crippen LogP contribution in [0.3, 0.4) is 0 Å². The summed E-state index contributed by atoms with van der Waals surface area (Å²) in [7, 11) is 0. The van der Waals surface area contributed by atoms with Crippen molar-refractivity contribution in [3.05, 3.63) is 35.9 Å². The highest BCUT2D eigenvalue weighted by atomic mass is 16.4. The number of benzene rings is 1. The predicted octanol–water partition coefficient (Wildman–Crippen LogP) is -2.90. The molecule has 40 nitrogen and oxygen atoms in total. The van der Waals surface area contributed by atoms with E-state index >= 15 is 0 Å². The molecule has 0 saturated carbocycles. The zero-order chi connectivity index (χ0) is 94.2. The van der Waals surface area contributed by atoms with Gasteiger partial charge in [0.1, 0.15) is 90.6 Å². The first-order valence-corrected chi connectivity index (χ1v) is 43.6. The molecule has 0 aliphatic heterocycles. The number of nitrogens with two attached hydrogens (primary N) is 6. The highest BCUT2D eigenvalue weighted by molar-refractivity contribution is 6.01. The van der Waals surface area contributed by atoms with Crippen LogP contribution in [-0.4, -0.2) is 241 Å². The predicted molar refractivity (Wildman–Crippen MR) is 466 cm³/mol. The maximum absolute atomic E-state index is 14.7. The summed E-state index contributed by atoms with van der Waals surface area (Å²) < 4.78 is 0. The molecule has 0 aromatic heterocycles. The van der Waals surface area contributed by atoms with Crippen LogP contribution in [0.2, 0.25) is 0 Å². The summed E-state index contributed by atoms with van der Waals surface area (Å²) in [5, 5.41) is 59.9. The van der Waals surface area contributed by atoms with Crippen LogP contribution in [0.5, 0.6) is 0 Å². The zero-order valence-electron chi connectivity index (χ0n) is 75.4. The summed E-state index contributed by atoms with van der Waals surface area (Å²) in [5.74, 6) is -18.7. The number of amides is 16. The zero-order valence-corrected chi connectivity index (χ0v) is 75.4. The average molecular weight is 1760 g/mol. The molecule has 0 radical (unpaired) electrons. The summed E-state index contributed by atoms with van der Waals surface area (Å²) in [4.78, 5) is 237. The van der Waals surface area contributed by atoms with Gasteiger partial charge in [0.15, 0.2) is 0 Å². The van der Waals surface area contributed by atoms with Crippen LogP contribution in [0.4, 0.5) is 0 Å². The van der Waals surface area contributed by atoms with Gasteiger partial charge in [0.25, 0.3) is 0 Å². The minimum atomic E-state index is -1.85. The summed E-state index contributed by atoms with van der Waals surface area (Å²) in [6.45, 7) is 24.3. The van der Waals surface area contributed by atoms with E-state index in [-0.39, 0.29) is 95.7 Å². The van der Waals surface area contributed by atoms with Gasteiger partial charge in [-0.15, -0.1) is 0 Å². The number of aliphatic hydroxyl groups is 1. The van der Waals surface area contributed by atoms with E-state index in [4.69, 9.17) is 34.4 Å². The molecule has 1 aromatic carbocycles. The van der Waals surface area contributed by atoms with E-state index in [1.807, 2.05) is 27.7 Å². The van der Waals surface area contributed by atoms with Gasteiger partial charge in [0.05, 0.1) is 19.6 Å². The number of carboxylic acid groups (broad SMARTS) is 1. The van der Waals surface area contributed by atoms with E-state index in [0.717, 1.165) is 0 Å². The van der Waals surface area contributed by atoms with Crippen molar-refractivity contribution in [2.45, 2.75) is 310 Å². The molecule has 0 fully saturated rings. The SMILES string of the molecule is CC[C@H](C)[C@H](NC(=O)[C@@H](NC(=O)[C@H](CO)NC(=O)[C@H](C)NC(=O)[C@@H](NC(=O)[C@H](CCCCN)NC(=O)[C@H](CCCCN)NC(=O)[C@@H](NC(=O)[C@@H](NC(=O)[C@H](CC(=O)O)NC(=O)[C@H](Cc1ccccc1)NC(=O)[C@H](CC(C)C)NC(=O)CN)C(C)C)[C@@H](C)CC)C(C)C)C(C)C)C(=O)N[C@@H](CCCCN)C(=O)N[C@@H](CCCCN)C(=O)N[C@@H](CC(C)C)C(N)=O. The number of aliphatic hydroxyl groups excluding tert-OH is 1. The Morgan fingerprint density at radius 2 is 0.613 bits per heavy atom. The molecular weight excluding hydrogens is 1610 g/mol. The molecule has 1 aromatic rings. The van der Waals surface area contributed by atoms with Crippen LogP contribution in [0.25, 0.3) is 0 Å². The number of unbranched alkanes of at least 4 members (excludes halogenated alkanes) is 4. The van der Waals surface area contributed by atoms with Gasteiger partial charge in [-0.05, 0) is 170 Å². The van der Waals surface area contributed by atoms with E-state index in [1.54, 1.807) is 99.6 Å². The fraction of sp³-hybridized carbons (Fsp3) is 0.726.